The maximum Gasteiger partial charge on any atom is 0.323 e. The highest BCUT2D eigenvalue weighted by molar-refractivity contribution is 6.30. The summed E-state index contributed by atoms with van der Waals surface area (Å²) in [5, 5.41) is 19.5. The number of hydrogen-bond donors (Lipinski definition) is 2. The van der Waals surface area contributed by atoms with Crippen LogP contribution in [0.1, 0.15) is 11.4 Å². The van der Waals surface area contributed by atoms with Gasteiger partial charge in [-0.2, -0.15) is 0 Å². The lowest BCUT2D eigenvalue weighted by atomic mass is 10.2. The number of aromatic nitrogens is 1. The molecule has 0 bridgehead atoms. The number of hydrogen-bond acceptors (Lipinski definition) is 4. The van der Waals surface area contributed by atoms with Crippen LogP contribution in [0.5, 0.6) is 5.75 Å². The zero-order chi connectivity index (χ0) is 15.4. The topological polar surface area (TPSA) is 73.7 Å². The van der Waals surface area contributed by atoms with Gasteiger partial charge in [0.25, 0.3) is 0 Å². The molecule has 0 unspecified atom stereocenters. The van der Waals surface area contributed by atoms with E-state index in [-0.39, 0.29) is 18.8 Å². The zero-order valence-electron chi connectivity index (χ0n) is 11.5. The molecule has 2 rings (SSSR count). The minimum absolute atomic E-state index is 0.0463. The molecule has 0 amide bonds. The van der Waals surface area contributed by atoms with Crippen molar-refractivity contribution >= 4 is 23.3 Å². The first kappa shape index (κ1) is 15.1. The Balaban J connectivity index is 2.30. The molecule has 0 aliphatic carbocycles. The van der Waals surface area contributed by atoms with Crippen molar-refractivity contribution in [3.05, 3.63) is 52.8 Å². The third kappa shape index (κ3) is 4.10. The van der Waals surface area contributed by atoms with Crippen LogP contribution in [0, 0.1) is 6.92 Å². The number of pyridine rings is 1. The second kappa shape index (κ2) is 6.45. The molecule has 0 fully saturated rings. The maximum atomic E-state index is 11.0. The van der Waals surface area contributed by atoms with Crippen molar-refractivity contribution in [1.29, 1.82) is 0 Å². The fraction of sp³-hybridized carbons (Fsp3) is 0.200. The van der Waals surface area contributed by atoms with E-state index < -0.39 is 5.97 Å². The van der Waals surface area contributed by atoms with Gasteiger partial charge in [-0.3, -0.25) is 9.78 Å². The van der Waals surface area contributed by atoms with E-state index in [2.05, 4.69) is 4.98 Å². The standard InChI is InChI=1S/C15H15ClN2O3/c1-10-2-7-14(19)13(17-10)8-18(9-15(20)21)12-5-3-11(16)4-6-12/h2-7,19H,8-9H2,1H3,(H,20,21). The molecule has 110 valence electrons. The first-order chi connectivity index (χ1) is 9.95. The summed E-state index contributed by atoms with van der Waals surface area (Å²) >= 11 is 5.84. The number of benzene rings is 1. The predicted octanol–water partition coefficient (Wildman–Crippen LogP) is 2.84. The number of carbonyl (C=O) groups is 1. The number of aliphatic carboxylic acids is 1. The van der Waals surface area contributed by atoms with E-state index in [1.165, 1.54) is 0 Å². The molecule has 0 saturated heterocycles. The maximum absolute atomic E-state index is 11.0. The van der Waals surface area contributed by atoms with Gasteiger partial charge in [0, 0.05) is 16.4 Å². The molecule has 21 heavy (non-hydrogen) atoms. The number of rotatable bonds is 5. The van der Waals surface area contributed by atoms with Gasteiger partial charge >= 0.3 is 5.97 Å². The van der Waals surface area contributed by atoms with Crippen LogP contribution in [-0.2, 0) is 11.3 Å². The van der Waals surface area contributed by atoms with Crippen LogP contribution in [-0.4, -0.2) is 27.7 Å². The Kier molecular flexibility index (Phi) is 4.65. The molecule has 0 atom stereocenters. The van der Waals surface area contributed by atoms with Gasteiger partial charge in [0.1, 0.15) is 18.0 Å². The molecule has 5 nitrogen and oxygen atoms in total. The fourth-order valence-corrected chi connectivity index (χ4v) is 2.08. The Morgan fingerprint density at radius 2 is 1.90 bits per heavy atom. The summed E-state index contributed by atoms with van der Waals surface area (Å²) in [7, 11) is 0. The number of aryl methyl sites for hydroxylation is 1. The Hall–Kier alpha value is -2.27. The average molecular weight is 307 g/mol. The van der Waals surface area contributed by atoms with Crippen LogP contribution in [0.15, 0.2) is 36.4 Å². The van der Waals surface area contributed by atoms with Gasteiger partial charge in [-0.1, -0.05) is 11.6 Å². The lowest BCUT2D eigenvalue weighted by molar-refractivity contribution is -0.135. The van der Waals surface area contributed by atoms with Crippen LogP contribution in [0.25, 0.3) is 0 Å². The van der Waals surface area contributed by atoms with Gasteiger partial charge in [-0.05, 0) is 43.3 Å². The van der Waals surface area contributed by atoms with Crippen LogP contribution >= 0.6 is 11.6 Å². The Morgan fingerprint density at radius 3 is 2.52 bits per heavy atom. The third-order valence-corrected chi connectivity index (χ3v) is 3.20. The summed E-state index contributed by atoms with van der Waals surface area (Å²) in [6, 6.07) is 10.1. The van der Waals surface area contributed by atoms with E-state index in [4.69, 9.17) is 16.7 Å². The predicted molar refractivity (Wildman–Crippen MR) is 80.8 cm³/mol. The van der Waals surface area contributed by atoms with E-state index in [1.807, 2.05) is 6.92 Å². The van der Waals surface area contributed by atoms with Gasteiger partial charge in [0.05, 0.1) is 6.54 Å². The number of carboxylic acid groups (broad SMARTS) is 1. The Labute approximate surface area is 127 Å². The van der Waals surface area contributed by atoms with Crippen molar-refractivity contribution in [2.24, 2.45) is 0 Å². The highest BCUT2D eigenvalue weighted by atomic mass is 35.5. The number of nitrogens with zero attached hydrogens (tertiary/aromatic N) is 2. The molecule has 2 N–H and O–H groups in total. The molecule has 6 heteroatoms. The fourth-order valence-electron chi connectivity index (χ4n) is 1.95. The molecule has 1 aromatic carbocycles. The van der Waals surface area contributed by atoms with Gasteiger partial charge in [0.15, 0.2) is 0 Å². The van der Waals surface area contributed by atoms with E-state index in [1.54, 1.807) is 41.3 Å². The third-order valence-electron chi connectivity index (χ3n) is 2.95. The first-order valence-electron chi connectivity index (χ1n) is 6.33. The quantitative estimate of drug-likeness (QED) is 0.888. The molecule has 0 spiro atoms. The summed E-state index contributed by atoms with van der Waals surface area (Å²) < 4.78 is 0. The molecular weight excluding hydrogens is 292 g/mol. The van der Waals surface area contributed by atoms with E-state index in [0.717, 1.165) is 5.69 Å². The smallest absolute Gasteiger partial charge is 0.323 e. The number of aromatic hydroxyl groups is 1. The lowest BCUT2D eigenvalue weighted by Crippen LogP contribution is -2.29. The normalized spacial score (nSPS) is 10.4. The van der Waals surface area contributed by atoms with Gasteiger partial charge in [-0.15, -0.1) is 0 Å². The first-order valence-corrected chi connectivity index (χ1v) is 6.71. The Morgan fingerprint density at radius 1 is 1.24 bits per heavy atom. The van der Waals surface area contributed by atoms with Crippen LogP contribution in [0.3, 0.4) is 0 Å². The zero-order valence-corrected chi connectivity index (χ0v) is 12.2. The molecule has 0 aliphatic heterocycles. The summed E-state index contributed by atoms with van der Waals surface area (Å²) in [5.74, 6) is -0.915. The summed E-state index contributed by atoms with van der Waals surface area (Å²) in [5.41, 5.74) is 1.89. The molecule has 1 heterocycles. The molecule has 0 saturated carbocycles. The molecule has 2 aromatic rings. The van der Waals surface area contributed by atoms with Gasteiger partial charge in [0.2, 0.25) is 0 Å². The molecule has 0 aliphatic rings. The average Bonchev–Trinajstić information content (AvgIpc) is 2.42. The monoisotopic (exact) mass is 306 g/mol. The highest BCUT2D eigenvalue weighted by Gasteiger charge is 2.14. The highest BCUT2D eigenvalue weighted by Crippen LogP contribution is 2.23. The summed E-state index contributed by atoms with van der Waals surface area (Å²) in [6.07, 6.45) is 0. The van der Waals surface area contributed by atoms with Crippen LogP contribution in [0.4, 0.5) is 5.69 Å². The number of anilines is 1. The summed E-state index contributed by atoms with van der Waals surface area (Å²) in [4.78, 5) is 16.9. The second-order valence-electron chi connectivity index (χ2n) is 4.64. The van der Waals surface area contributed by atoms with Crippen molar-refractivity contribution in [2.75, 3.05) is 11.4 Å². The molecule has 1 aromatic heterocycles. The van der Waals surface area contributed by atoms with E-state index >= 15 is 0 Å². The van der Waals surface area contributed by atoms with Crippen LogP contribution in [0.2, 0.25) is 5.02 Å². The van der Waals surface area contributed by atoms with Crippen molar-refractivity contribution in [1.82, 2.24) is 4.98 Å². The number of halogens is 1. The second-order valence-corrected chi connectivity index (χ2v) is 5.08. The van der Waals surface area contributed by atoms with E-state index in [9.17, 15) is 9.90 Å². The van der Waals surface area contributed by atoms with Crippen molar-refractivity contribution < 1.29 is 15.0 Å². The largest absolute Gasteiger partial charge is 0.506 e. The van der Waals surface area contributed by atoms with Crippen molar-refractivity contribution in [2.45, 2.75) is 13.5 Å². The molecular formula is C15H15ClN2O3. The SMILES string of the molecule is Cc1ccc(O)c(CN(CC(=O)O)c2ccc(Cl)cc2)n1. The molecule has 0 radical (unpaired) electrons. The van der Waals surface area contributed by atoms with Gasteiger partial charge < -0.3 is 15.1 Å². The minimum atomic E-state index is -0.961. The number of carboxylic acids is 1. The van der Waals surface area contributed by atoms with Gasteiger partial charge in [-0.25, -0.2) is 0 Å². The lowest BCUT2D eigenvalue weighted by Gasteiger charge is -2.23. The van der Waals surface area contributed by atoms with Crippen molar-refractivity contribution in [3.63, 3.8) is 0 Å². The Bertz CT molecular complexity index is 644. The summed E-state index contributed by atoms with van der Waals surface area (Å²) in [6.45, 7) is 1.81. The minimum Gasteiger partial charge on any atom is -0.506 e. The van der Waals surface area contributed by atoms with Crippen LogP contribution < -0.4 is 4.90 Å². The van der Waals surface area contributed by atoms with Crippen molar-refractivity contribution in [3.8, 4) is 5.75 Å². The van der Waals surface area contributed by atoms with E-state index in [0.29, 0.717) is 16.4 Å².